The van der Waals surface area contributed by atoms with Gasteiger partial charge in [-0.05, 0) is 48.6 Å². The quantitative estimate of drug-likeness (QED) is 0.477. The van der Waals surface area contributed by atoms with Crippen LogP contribution in [0.4, 0.5) is 0 Å². The van der Waals surface area contributed by atoms with Crippen LogP contribution in [0, 0.1) is 13.8 Å². The Balaban J connectivity index is 1.54. The lowest BCUT2D eigenvalue weighted by atomic mass is 10.1. The number of nitrogens with zero attached hydrogens (tertiary/aromatic N) is 2. The van der Waals surface area contributed by atoms with Crippen LogP contribution in [0.1, 0.15) is 20.5 Å². The highest BCUT2D eigenvalue weighted by Crippen LogP contribution is 2.27. The molecule has 0 atom stereocenters. The third kappa shape index (κ3) is 5.08. The van der Waals surface area contributed by atoms with Gasteiger partial charge in [-0.25, -0.2) is 4.98 Å². The maximum atomic E-state index is 5.22. The number of aromatic nitrogens is 1. The fourth-order valence-electron chi connectivity index (χ4n) is 2.57. The second-order valence-corrected chi connectivity index (χ2v) is 8.34. The van der Waals surface area contributed by atoms with Crippen LogP contribution in [-0.2, 0) is 13.1 Å². The molecule has 0 saturated heterocycles. The number of rotatable bonds is 6. The minimum atomic E-state index is 0.681. The second kappa shape index (κ2) is 9.01. The Morgan fingerprint density at radius 1 is 1.11 bits per heavy atom. The molecular weight excluding hydrogens is 376 g/mol. The molecule has 5 nitrogen and oxygen atoms in total. The third-order valence-corrected chi connectivity index (χ3v) is 6.22. The molecule has 2 N–H and O–H groups in total. The van der Waals surface area contributed by atoms with E-state index in [-0.39, 0.29) is 0 Å². The van der Waals surface area contributed by atoms with Crippen molar-refractivity contribution in [2.75, 3.05) is 14.2 Å². The van der Waals surface area contributed by atoms with E-state index in [1.165, 1.54) is 20.9 Å². The predicted molar refractivity (Wildman–Crippen MR) is 115 cm³/mol. The molecule has 7 heteroatoms. The highest BCUT2D eigenvalue weighted by molar-refractivity contribution is 7.11. The number of aliphatic imine (C=N–C) groups is 1. The van der Waals surface area contributed by atoms with Crippen LogP contribution >= 0.6 is 22.7 Å². The van der Waals surface area contributed by atoms with Gasteiger partial charge in [-0.15, -0.1) is 22.7 Å². The molecule has 0 radical (unpaired) electrons. The normalized spacial score (nSPS) is 11.5. The minimum Gasteiger partial charge on any atom is -0.497 e. The summed E-state index contributed by atoms with van der Waals surface area (Å²) < 4.78 is 5.22. The van der Waals surface area contributed by atoms with Crippen molar-refractivity contribution in [3.8, 4) is 16.9 Å². The zero-order valence-corrected chi connectivity index (χ0v) is 17.6. The van der Waals surface area contributed by atoms with Crippen LogP contribution in [0.5, 0.6) is 5.75 Å². The standard InChI is InChI=1S/C20H24N4OS2/c1-13-14(2)27-19(24-13)11-23-20(21-3)22-10-18-9-16(12-26-18)15-5-7-17(25-4)8-6-15/h5-9,12H,10-11H2,1-4H3,(H2,21,22,23). The van der Waals surface area contributed by atoms with Crippen molar-refractivity contribution >= 4 is 28.6 Å². The van der Waals surface area contributed by atoms with Gasteiger partial charge in [-0.3, -0.25) is 4.99 Å². The van der Waals surface area contributed by atoms with E-state index in [0.717, 1.165) is 29.0 Å². The molecule has 1 aromatic carbocycles. The van der Waals surface area contributed by atoms with Gasteiger partial charge in [0.25, 0.3) is 0 Å². The van der Waals surface area contributed by atoms with Crippen LogP contribution in [-0.4, -0.2) is 25.1 Å². The van der Waals surface area contributed by atoms with Crippen molar-refractivity contribution in [1.82, 2.24) is 15.6 Å². The molecule has 3 rings (SSSR count). The third-order valence-electron chi connectivity index (χ3n) is 4.21. The van der Waals surface area contributed by atoms with Gasteiger partial charge >= 0.3 is 0 Å². The number of thiophene rings is 1. The molecule has 0 aliphatic carbocycles. The topological polar surface area (TPSA) is 58.5 Å². The lowest BCUT2D eigenvalue weighted by Gasteiger charge is -2.09. The van der Waals surface area contributed by atoms with Crippen LogP contribution in [0.3, 0.4) is 0 Å². The second-order valence-electron chi connectivity index (χ2n) is 6.06. The Hall–Kier alpha value is -2.38. The number of hydrogen-bond donors (Lipinski definition) is 2. The zero-order valence-electron chi connectivity index (χ0n) is 16.0. The number of nitrogens with one attached hydrogen (secondary N) is 2. The average molecular weight is 401 g/mol. The Bertz CT molecular complexity index is 893. The van der Waals surface area contributed by atoms with Crippen molar-refractivity contribution < 1.29 is 4.74 Å². The van der Waals surface area contributed by atoms with Crippen LogP contribution in [0.2, 0.25) is 0 Å². The minimum absolute atomic E-state index is 0.681. The average Bonchev–Trinajstić information content (AvgIpc) is 3.29. The lowest BCUT2D eigenvalue weighted by molar-refractivity contribution is 0.415. The monoisotopic (exact) mass is 400 g/mol. The molecule has 0 bridgehead atoms. The number of aryl methyl sites for hydroxylation is 2. The molecule has 0 unspecified atom stereocenters. The number of ether oxygens (including phenoxy) is 1. The maximum Gasteiger partial charge on any atom is 0.191 e. The number of benzene rings is 1. The molecule has 3 aromatic rings. The molecule has 142 valence electrons. The van der Waals surface area contributed by atoms with Gasteiger partial charge < -0.3 is 15.4 Å². The summed E-state index contributed by atoms with van der Waals surface area (Å²) in [7, 11) is 3.46. The summed E-state index contributed by atoms with van der Waals surface area (Å²) in [6.07, 6.45) is 0. The molecule has 0 fully saturated rings. The molecule has 2 aromatic heterocycles. The van der Waals surface area contributed by atoms with Crippen molar-refractivity contribution in [2.45, 2.75) is 26.9 Å². The summed E-state index contributed by atoms with van der Waals surface area (Å²) >= 11 is 3.46. The van der Waals surface area contributed by atoms with Gasteiger partial charge in [0, 0.05) is 16.8 Å². The molecule has 2 heterocycles. The fraction of sp³-hybridized carbons (Fsp3) is 0.300. The summed E-state index contributed by atoms with van der Waals surface area (Å²) in [5, 5.41) is 9.94. The summed E-state index contributed by atoms with van der Waals surface area (Å²) in [4.78, 5) is 11.4. The molecule has 0 aliphatic heterocycles. The summed E-state index contributed by atoms with van der Waals surface area (Å²) in [6, 6.07) is 10.3. The first-order chi connectivity index (χ1) is 13.1. The first kappa shape index (κ1) is 19.4. The Kier molecular flexibility index (Phi) is 6.47. The van der Waals surface area contributed by atoms with Crippen molar-refractivity contribution in [2.24, 2.45) is 4.99 Å². The molecule has 0 spiro atoms. The summed E-state index contributed by atoms with van der Waals surface area (Å²) in [5.41, 5.74) is 3.51. The van der Waals surface area contributed by atoms with E-state index in [1.54, 1.807) is 36.8 Å². The summed E-state index contributed by atoms with van der Waals surface area (Å²) in [6.45, 7) is 5.55. The Labute approximate surface area is 168 Å². The lowest BCUT2D eigenvalue weighted by Crippen LogP contribution is -2.36. The van der Waals surface area contributed by atoms with Crippen LogP contribution in [0.25, 0.3) is 11.1 Å². The first-order valence-corrected chi connectivity index (χ1v) is 10.4. The van der Waals surface area contributed by atoms with E-state index in [4.69, 9.17) is 4.74 Å². The molecule has 0 aliphatic rings. The van der Waals surface area contributed by atoms with E-state index in [1.807, 2.05) is 19.1 Å². The highest BCUT2D eigenvalue weighted by atomic mass is 32.1. The maximum absolute atomic E-state index is 5.22. The van der Waals surface area contributed by atoms with Gasteiger partial charge in [0.2, 0.25) is 0 Å². The van der Waals surface area contributed by atoms with Gasteiger partial charge in [-0.2, -0.15) is 0 Å². The van der Waals surface area contributed by atoms with E-state index >= 15 is 0 Å². The SMILES string of the molecule is CN=C(NCc1cc(-c2ccc(OC)cc2)cs1)NCc1nc(C)c(C)s1. The van der Waals surface area contributed by atoms with E-state index in [0.29, 0.717) is 6.54 Å². The van der Waals surface area contributed by atoms with Gasteiger partial charge in [-0.1, -0.05) is 12.1 Å². The van der Waals surface area contributed by atoms with Gasteiger partial charge in [0.1, 0.15) is 10.8 Å². The number of thiazole rings is 1. The van der Waals surface area contributed by atoms with E-state index in [2.05, 4.69) is 51.1 Å². The molecule has 27 heavy (non-hydrogen) atoms. The Morgan fingerprint density at radius 2 is 1.85 bits per heavy atom. The number of methoxy groups -OCH3 is 1. The number of guanidine groups is 1. The highest BCUT2D eigenvalue weighted by Gasteiger charge is 2.07. The van der Waals surface area contributed by atoms with E-state index < -0.39 is 0 Å². The smallest absolute Gasteiger partial charge is 0.191 e. The fourth-order valence-corrected chi connectivity index (χ4v) is 4.28. The van der Waals surface area contributed by atoms with Crippen molar-refractivity contribution in [3.05, 3.63) is 56.2 Å². The van der Waals surface area contributed by atoms with Crippen LogP contribution < -0.4 is 15.4 Å². The first-order valence-electron chi connectivity index (χ1n) is 8.68. The molecule has 0 saturated carbocycles. The predicted octanol–water partition coefficient (Wildman–Crippen LogP) is 4.36. The zero-order chi connectivity index (χ0) is 19.2. The molecular formula is C20H24N4OS2. The van der Waals surface area contributed by atoms with E-state index in [9.17, 15) is 0 Å². The largest absolute Gasteiger partial charge is 0.497 e. The molecule has 0 amide bonds. The van der Waals surface area contributed by atoms with Gasteiger partial charge in [0.15, 0.2) is 5.96 Å². The Morgan fingerprint density at radius 3 is 2.48 bits per heavy atom. The van der Waals surface area contributed by atoms with Crippen molar-refractivity contribution in [1.29, 1.82) is 0 Å². The number of hydrogen-bond acceptors (Lipinski definition) is 5. The van der Waals surface area contributed by atoms with Crippen LogP contribution in [0.15, 0.2) is 40.7 Å². The van der Waals surface area contributed by atoms with Crippen molar-refractivity contribution in [3.63, 3.8) is 0 Å². The van der Waals surface area contributed by atoms with Gasteiger partial charge in [0.05, 0.1) is 25.9 Å². The summed E-state index contributed by atoms with van der Waals surface area (Å²) in [5.74, 6) is 1.65.